The molecule has 0 radical (unpaired) electrons. The largest absolute Gasteiger partial charge is 0.398 e. The van der Waals surface area contributed by atoms with Crippen LogP contribution in [0, 0.1) is 0 Å². The smallest absolute Gasteiger partial charge is 0.248 e. The van der Waals surface area contributed by atoms with Gasteiger partial charge in [-0.1, -0.05) is 18.2 Å². The number of amides is 1. The number of carbonyl (C=O) groups is 1. The van der Waals surface area contributed by atoms with Crippen LogP contribution >= 0.6 is 0 Å². The molecule has 4 N–H and O–H groups in total. The number of anilines is 1. The van der Waals surface area contributed by atoms with Crippen LogP contribution in [0.5, 0.6) is 0 Å². The topological polar surface area (TPSA) is 82.0 Å². The molecule has 4 heteroatoms. The molecule has 0 atom stereocenters. The minimum atomic E-state index is -0.429. The zero-order valence-electron chi connectivity index (χ0n) is 11.9. The minimum absolute atomic E-state index is 0.429. The molecule has 0 aliphatic heterocycles. The molecule has 0 spiro atoms. The summed E-state index contributed by atoms with van der Waals surface area (Å²) in [5.74, 6) is -0.429. The Morgan fingerprint density at radius 3 is 2.09 bits per heavy atom. The lowest BCUT2D eigenvalue weighted by molar-refractivity contribution is 0.100. The van der Waals surface area contributed by atoms with E-state index in [4.69, 9.17) is 11.5 Å². The number of nitrogens with zero attached hydrogens (tertiary/aromatic N) is 1. The summed E-state index contributed by atoms with van der Waals surface area (Å²) in [4.78, 5) is 15.2. The normalized spacial score (nSPS) is 10.4. The molecular formula is C18H15N3O. The molecule has 2 aromatic carbocycles. The lowest BCUT2D eigenvalue weighted by Crippen LogP contribution is -2.10. The van der Waals surface area contributed by atoms with E-state index in [1.807, 2.05) is 42.5 Å². The predicted octanol–water partition coefficient (Wildman–Crippen LogP) is 3.10. The number of hydrogen-bond donors (Lipinski definition) is 2. The van der Waals surface area contributed by atoms with Crippen LogP contribution in [0.4, 0.5) is 5.69 Å². The molecule has 22 heavy (non-hydrogen) atoms. The maximum atomic E-state index is 11.1. The van der Waals surface area contributed by atoms with Gasteiger partial charge in [-0.15, -0.1) is 0 Å². The van der Waals surface area contributed by atoms with Crippen molar-refractivity contribution in [3.63, 3.8) is 0 Å². The number of nitrogens with two attached hydrogens (primary N) is 2. The zero-order chi connectivity index (χ0) is 15.5. The first-order chi connectivity index (χ1) is 10.6. The average Bonchev–Trinajstić information content (AvgIpc) is 2.56. The van der Waals surface area contributed by atoms with Gasteiger partial charge in [0, 0.05) is 29.2 Å². The van der Waals surface area contributed by atoms with Gasteiger partial charge in [-0.3, -0.25) is 9.78 Å². The summed E-state index contributed by atoms with van der Waals surface area (Å²) in [6.07, 6.45) is 3.48. The predicted molar refractivity (Wildman–Crippen MR) is 88.0 cm³/mol. The van der Waals surface area contributed by atoms with Crippen LogP contribution in [0.15, 0.2) is 67.0 Å². The van der Waals surface area contributed by atoms with Crippen LogP contribution in [0.1, 0.15) is 10.4 Å². The number of nitrogen functional groups attached to an aromatic ring is 1. The van der Waals surface area contributed by atoms with E-state index in [9.17, 15) is 4.79 Å². The van der Waals surface area contributed by atoms with Gasteiger partial charge >= 0.3 is 0 Å². The van der Waals surface area contributed by atoms with Crippen LogP contribution in [0.3, 0.4) is 0 Å². The molecular weight excluding hydrogens is 274 g/mol. The standard InChI is InChI=1S/C18H15N3O/c19-17-6-5-15(11-16(17)13-7-9-21-10-8-13)12-1-3-14(4-2-12)18(20)22/h1-11H,19H2,(H2,20,22). The molecule has 3 rings (SSSR count). The Kier molecular flexibility index (Phi) is 3.58. The summed E-state index contributed by atoms with van der Waals surface area (Å²) in [7, 11) is 0. The lowest BCUT2D eigenvalue weighted by atomic mass is 9.97. The van der Waals surface area contributed by atoms with Crippen molar-refractivity contribution < 1.29 is 4.79 Å². The van der Waals surface area contributed by atoms with Gasteiger partial charge in [0.25, 0.3) is 0 Å². The highest BCUT2D eigenvalue weighted by atomic mass is 16.1. The summed E-state index contributed by atoms with van der Waals surface area (Å²) in [5, 5.41) is 0. The van der Waals surface area contributed by atoms with Gasteiger partial charge < -0.3 is 11.5 Å². The van der Waals surface area contributed by atoms with E-state index in [1.165, 1.54) is 0 Å². The summed E-state index contributed by atoms with van der Waals surface area (Å²) < 4.78 is 0. The van der Waals surface area contributed by atoms with Crippen LogP contribution in [0.2, 0.25) is 0 Å². The molecule has 0 saturated carbocycles. The fourth-order valence-corrected chi connectivity index (χ4v) is 2.34. The maximum Gasteiger partial charge on any atom is 0.248 e. The van der Waals surface area contributed by atoms with Gasteiger partial charge in [-0.25, -0.2) is 0 Å². The average molecular weight is 289 g/mol. The third-order valence-corrected chi connectivity index (χ3v) is 3.55. The van der Waals surface area contributed by atoms with Crippen LogP contribution in [-0.2, 0) is 0 Å². The first-order valence-electron chi connectivity index (χ1n) is 6.85. The SMILES string of the molecule is NC(=O)c1ccc(-c2ccc(N)c(-c3ccncc3)c2)cc1. The molecule has 1 amide bonds. The van der Waals surface area contributed by atoms with Crippen LogP contribution < -0.4 is 11.5 Å². The van der Waals surface area contributed by atoms with Gasteiger partial charge in [0.05, 0.1) is 0 Å². The Labute approximate surface area is 128 Å². The molecule has 0 fully saturated rings. The van der Waals surface area contributed by atoms with Crippen molar-refractivity contribution in [1.82, 2.24) is 4.98 Å². The van der Waals surface area contributed by atoms with Crippen molar-refractivity contribution in [3.05, 3.63) is 72.6 Å². The van der Waals surface area contributed by atoms with Gasteiger partial charge in [-0.05, 0) is 53.1 Å². The van der Waals surface area contributed by atoms with Crippen LogP contribution in [0.25, 0.3) is 22.3 Å². The van der Waals surface area contributed by atoms with E-state index in [2.05, 4.69) is 4.98 Å². The number of carbonyl (C=O) groups excluding carboxylic acids is 1. The fraction of sp³-hybridized carbons (Fsp3) is 0. The molecule has 1 aromatic heterocycles. The van der Waals surface area contributed by atoms with Gasteiger partial charge in [-0.2, -0.15) is 0 Å². The monoisotopic (exact) mass is 289 g/mol. The minimum Gasteiger partial charge on any atom is -0.398 e. The fourth-order valence-electron chi connectivity index (χ4n) is 2.34. The number of primary amides is 1. The molecule has 108 valence electrons. The van der Waals surface area contributed by atoms with E-state index < -0.39 is 5.91 Å². The van der Waals surface area contributed by atoms with Crippen molar-refractivity contribution >= 4 is 11.6 Å². The van der Waals surface area contributed by atoms with Gasteiger partial charge in [0.2, 0.25) is 5.91 Å². The highest BCUT2D eigenvalue weighted by molar-refractivity contribution is 5.93. The molecule has 0 bridgehead atoms. The Morgan fingerprint density at radius 1 is 0.818 bits per heavy atom. The zero-order valence-corrected chi connectivity index (χ0v) is 11.9. The Morgan fingerprint density at radius 2 is 1.45 bits per heavy atom. The summed E-state index contributed by atoms with van der Waals surface area (Å²) >= 11 is 0. The first kappa shape index (κ1) is 13.8. The molecule has 4 nitrogen and oxygen atoms in total. The van der Waals surface area contributed by atoms with Crippen molar-refractivity contribution in [3.8, 4) is 22.3 Å². The highest BCUT2D eigenvalue weighted by Gasteiger charge is 2.06. The van der Waals surface area contributed by atoms with E-state index in [0.717, 1.165) is 22.3 Å². The highest BCUT2D eigenvalue weighted by Crippen LogP contribution is 2.30. The second-order valence-electron chi connectivity index (χ2n) is 4.98. The third-order valence-electron chi connectivity index (χ3n) is 3.55. The second-order valence-corrected chi connectivity index (χ2v) is 4.98. The second kappa shape index (κ2) is 5.69. The van der Waals surface area contributed by atoms with E-state index >= 15 is 0 Å². The quantitative estimate of drug-likeness (QED) is 0.727. The summed E-state index contributed by atoms with van der Waals surface area (Å²) in [6, 6.07) is 16.9. The Hall–Kier alpha value is -3.14. The van der Waals surface area contributed by atoms with Crippen molar-refractivity contribution in [2.24, 2.45) is 5.73 Å². The molecule has 0 aliphatic rings. The molecule has 0 saturated heterocycles. The first-order valence-corrected chi connectivity index (χ1v) is 6.85. The molecule has 0 aliphatic carbocycles. The van der Waals surface area contributed by atoms with E-state index in [0.29, 0.717) is 11.3 Å². The molecule has 0 unspecified atom stereocenters. The Bertz CT molecular complexity index is 811. The summed E-state index contributed by atoms with van der Waals surface area (Å²) in [5.41, 5.74) is 16.5. The molecule has 1 heterocycles. The maximum absolute atomic E-state index is 11.1. The molecule has 3 aromatic rings. The lowest BCUT2D eigenvalue weighted by Gasteiger charge is -2.09. The third kappa shape index (κ3) is 2.67. The van der Waals surface area contributed by atoms with Crippen molar-refractivity contribution in [1.29, 1.82) is 0 Å². The van der Waals surface area contributed by atoms with Gasteiger partial charge in [0.15, 0.2) is 0 Å². The van der Waals surface area contributed by atoms with Crippen LogP contribution in [-0.4, -0.2) is 10.9 Å². The van der Waals surface area contributed by atoms with Crippen molar-refractivity contribution in [2.75, 3.05) is 5.73 Å². The van der Waals surface area contributed by atoms with Gasteiger partial charge in [0.1, 0.15) is 0 Å². The Balaban J connectivity index is 2.04. The summed E-state index contributed by atoms with van der Waals surface area (Å²) in [6.45, 7) is 0. The van der Waals surface area contributed by atoms with Crippen molar-refractivity contribution in [2.45, 2.75) is 0 Å². The number of aromatic nitrogens is 1. The van der Waals surface area contributed by atoms with E-state index in [1.54, 1.807) is 24.5 Å². The number of pyridine rings is 1. The number of rotatable bonds is 3. The number of hydrogen-bond acceptors (Lipinski definition) is 3. The number of benzene rings is 2. The van der Waals surface area contributed by atoms with E-state index in [-0.39, 0.29) is 0 Å².